The van der Waals surface area contributed by atoms with E-state index in [2.05, 4.69) is 25.6 Å². The van der Waals surface area contributed by atoms with Crippen molar-refractivity contribution >= 4 is 29.1 Å². The molecule has 0 atom stereocenters. The Labute approximate surface area is 146 Å². The summed E-state index contributed by atoms with van der Waals surface area (Å²) in [7, 11) is 0. The Bertz CT molecular complexity index is 836. The van der Waals surface area contributed by atoms with Gasteiger partial charge in [-0.2, -0.15) is 4.98 Å². The van der Waals surface area contributed by atoms with E-state index in [1.54, 1.807) is 6.20 Å². The summed E-state index contributed by atoms with van der Waals surface area (Å²) in [6, 6.07) is 11.6. The Kier molecular flexibility index (Phi) is 4.91. The summed E-state index contributed by atoms with van der Waals surface area (Å²) in [5, 5.41) is 7.25. The van der Waals surface area contributed by atoms with Crippen LogP contribution < -0.4 is 10.6 Å². The number of nitrogens with one attached hydrogen (secondary N) is 2. The molecule has 0 spiro atoms. The van der Waals surface area contributed by atoms with Gasteiger partial charge in [-0.25, -0.2) is 4.98 Å². The quantitative estimate of drug-likeness (QED) is 0.716. The fraction of sp³-hybridized carbons (Fsp3) is 0.167. The number of hydrogen-bond acceptors (Lipinski definition) is 5. The second kappa shape index (κ2) is 7.27. The first kappa shape index (κ1) is 16.2. The van der Waals surface area contributed by atoms with Gasteiger partial charge in [-0.15, -0.1) is 0 Å². The van der Waals surface area contributed by atoms with Gasteiger partial charge in [-0.05, 0) is 43.2 Å². The molecule has 0 unspecified atom stereocenters. The maximum Gasteiger partial charge on any atom is 0.225 e. The van der Waals surface area contributed by atoms with Crippen LogP contribution in [0.15, 0.2) is 48.8 Å². The van der Waals surface area contributed by atoms with Gasteiger partial charge in [0.2, 0.25) is 5.95 Å². The fourth-order valence-corrected chi connectivity index (χ4v) is 2.45. The van der Waals surface area contributed by atoms with Crippen LogP contribution >= 0.6 is 11.6 Å². The second-order valence-corrected chi connectivity index (χ2v) is 5.88. The summed E-state index contributed by atoms with van der Waals surface area (Å²) in [5.41, 5.74) is 3.86. The summed E-state index contributed by atoms with van der Waals surface area (Å²) in [6.07, 6.45) is 3.57. The highest BCUT2D eigenvalue weighted by molar-refractivity contribution is 6.31. The summed E-state index contributed by atoms with van der Waals surface area (Å²) >= 11 is 6.17. The molecule has 0 saturated carbocycles. The molecule has 0 amide bonds. The van der Waals surface area contributed by atoms with Crippen molar-refractivity contribution in [1.82, 2.24) is 15.0 Å². The van der Waals surface area contributed by atoms with Crippen molar-refractivity contribution < 1.29 is 0 Å². The van der Waals surface area contributed by atoms with Crippen LogP contribution in [0.1, 0.15) is 16.8 Å². The van der Waals surface area contributed by atoms with Gasteiger partial charge in [-0.3, -0.25) is 4.98 Å². The Morgan fingerprint density at radius 1 is 1.08 bits per heavy atom. The van der Waals surface area contributed by atoms with Crippen LogP contribution in [0, 0.1) is 13.8 Å². The van der Waals surface area contributed by atoms with E-state index in [0.717, 1.165) is 33.3 Å². The first-order chi connectivity index (χ1) is 11.6. The zero-order valence-electron chi connectivity index (χ0n) is 13.5. The number of benzene rings is 1. The molecule has 0 saturated heterocycles. The van der Waals surface area contributed by atoms with Crippen LogP contribution in [0.2, 0.25) is 5.02 Å². The Balaban J connectivity index is 1.77. The predicted octanol–water partition coefficient (Wildman–Crippen LogP) is 4.50. The first-order valence-electron chi connectivity index (χ1n) is 7.62. The van der Waals surface area contributed by atoms with Gasteiger partial charge in [0.05, 0.1) is 0 Å². The maximum absolute atomic E-state index is 6.17. The maximum atomic E-state index is 6.17. The lowest BCUT2D eigenvalue weighted by atomic mass is 10.2. The topological polar surface area (TPSA) is 62.7 Å². The van der Waals surface area contributed by atoms with Crippen LogP contribution in [-0.2, 0) is 6.54 Å². The molecule has 0 aliphatic rings. The van der Waals surface area contributed by atoms with Gasteiger partial charge in [0.15, 0.2) is 0 Å². The number of rotatable bonds is 5. The Hall–Kier alpha value is -2.66. The third-order valence-corrected chi connectivity index (χ3v) is 3.97. The van der Waals surface area contributed by atoms with Crippen molar-refractivity contribution in [2.75, 3.05) is 10.6 Å². The van der Waals surface area contributed by atoms with E-state index < -0.39 is 0 Å². The minimum atomic E-state index is 0.570. The van der Waals surface area contributed by atoms with Crippen molar-refractivity contribution in [3.8, 4) is 0 Å². The number of anilines is 3. The molecule has 1 aromatic carbocycles. The van der Waals surface area contributed by atoms with Gasteiger partial charge in [0.25, 0.3) is 0 Å². The molecule has 122 valence electrons. The zero-order valence-corrected chi connectivity index (χ0v) is 14.3. The van der Waals surface area contributed by atoms with Crippen LogP contribution in [0.3, 0.4) is 0 Å². The number of pyridine rings is 1. The second-order valence-electron chi connectivity index (χ2n) is 5.47. The summed E-state index contributed by atoms with van der Waals surface area (Å²) in [5.74, 6) is 1.29. The minimum Gasteiger partial charge on any atom is -0.350 e. The molecule has 3 aromatic rings. The average Bonchev–Trinajstić information content (AvgIpc) is 2.58. The van der Waals surface area contributed by atoms with E-state index in [9.17, 15) is 0 Å². The summed E-state index contributed by atoms with van der Waals surface area (Å²) < 4.78 is 0. The summed E-state index contributed by atoms with van der Waals surface area (Å²) in [4.78, 5) is 13.0. The molecule has 2 heterocycles. The van der Waals surface area contributed by atoms with Gasteiger partial charge >= 0.3 is 0 Å². The molecular weight excluding hydrogens is 322 g/mol. The van der Waals surface area contributed by atoms with Crippen molar-refractivity contribution in [2.24, 2.45) is 0 Å². The third-order valence-electron chi connectivity index (χ3n) is 3.56. The number of nitrogens with zero attached hydrogens (tertiary/aromatic N) is 3. The normalized spacial score (nSPS) is 10.5. The zero-order chi connectivity index (χ0) is 16.9. The lowest BCUT2D eigenvalue weighted by Gasteiger charge is -2.12. The van der Waals surface area contributed by atoms with Crippen LogP contribution in [-0.4, -0.2) is 15.0 Å². The molecule has 3 rings (SSSR count). The van der Waals surface area contributed by atoms with Crippen molar-refractivity contribution in [1.29, 1.82) is 0 Å². The van der Waals surface area contributed by atoms with E-state index in [1.165, 1.54) is 0 Å². The van der Waals surface area contributed by atoms with E-state index in [0.29, 0.717) is 12.5 Å². The van der Waals surface area contributed by atoms with Crippen LogP contribution in [0.5, 0.6) is 0 Å². The van der Waals surface area contributed by atoms with E-state index in [1.807, 2.05) is 56.4 Å². The fourth-order valence-electron chi connectivity index (χ4n) is 2.28. The number of halogens is 1. The average molecular weight is 340 g/mol. The van der Waals surface area contributed by atoms with Crippen LogP contribution in [0.4, 0.5) is 17.5 Å². The predicted molar refractivity (Wildman–Crippen MR) is 97.8 cm³/mol. The highest BCUT2D eigenvalue weighted by Gasteiger charge is 2.06. The molecule has 0 fully saturated rings. The molecule has 0 radical (unpaired) electrons. The lowest BCUT2D eigenvalue weighted by Crippen LogP contribution is -2.06. The van der Waals surface area contributed by atoms with E-state index >= 15 is 0 Å². The van der Waals surface area contributed by atoms with Crippen molar-refractivity contribution in [3.05, 3.63) is 70.6 Å². The minimum absolute atomic E-state index is 0.570. The standard InChI is InChI=1S/C18H18ClN5/c1-12-9-17(23-16-7-3-6-15(19)13(16)2)24-18(22-12)21-11-14-5-4-8-20-10-14/h3-10H,11H2,1-2H3,(H2,21,22,23,24). The lowest BCUT2D eigenvalue weighted by molar-refractivity contribution is 1.02. The van der Waals surface area contributed by atoms with E-state index in [-0.39, 0.29) is 0 Å². The highest BCUT2D eigenvalue weighted by Crippen LogP contribution is 2.26. The Morgan fingerprint density at radius 3 is 2.75 bits per heavy atom. The third kappa shape index (κ3) is 4.00. The van der Waals surface area contributed by atoms with Crippen molar-refractivity contribution in [2.45, 2.75) is 20.4 Å². The number of aryl methyl sites for hydroxylation is 1. The summed E-state index contributed by atoms with van der Waals surface area (Å²) in [6.45, 7) is 4.53. The molecule has 0 aliphatic carbocycles. The molecular formula is C18H18ClN5. The van der Waals surface area contributed by atoms with Crippen LogP contribution in [0.25, 0.3) is 0 Å². The number of aromatic nitrogens is 3. The number of hydrogen-bond donors (Lipinski definition) is 2. The Morgan fingerprint density at radius 2 is 1.96 bits per heavy atom. The monoisotopic (exact) mass is 339 g/mol. The SMILES string of the molecule is Cc1cc(Nc2cccc(Cl)c2C)nc(NCc2cccnc2)n1. The van der Waals surface area contributed by atoms with Gasteiger partial charge < -0.3 is 10.6 Å². The molecule has 0 aliphatic heterocycles. The molecule has 2 aromatic heterocycles. The van der Waals surface area contributed by atoms with E-state index in [4.69, 9.17) is 11.6 Å². The molecule has 2 N–H and O–H groups in total. The largest absolute Gasteiger partial charge is 0.350 e. The molecule has 24 heavy (non-hydrogen) atoms. The smallest absolute Gasteiger partial charge is 0.225 e. The first-order valence-corrected chi connectivity index (χ1v) is 8.00. The molecule has 6 heteroatoms. The molecule has 0 bridgehead atoms. The highest BCUT2D eigenvalue weighted by atomic mass is 35.5. The van der Waals surface area contributed by atoms with Gasteiger partial charge in [0, 0.05) is 41.4 Å². The van der Waals surface area contributed by atoms with Crippen molar-refractivity contribution in [3.63, 3.8) is 0 Å². The van der Waals surface area contributed by atoms with Gasteiger partial charge in [-0.1, -0.05) is 23.7 Å². The van der Waals surface area contributed by atoms with Gasteiger partial charge in [0.1, 0.15) is 5.82 Å². The molecule has 5 nitrogen and oxygen atoms in total.